The summed E-state index contributed by atoms with van der Waals surface area (Å²) in [6.45, 7) is 4.56. The maximum absolute atomic E-state index is 12.7. The Morgan fingerprint density at radius 2 is 1.76 bits per heavy atom. The SMILES string of the molecule is COc1cc(OC)c2ccn(CC(=O)c3ccc(C(C)C)cc3)c2c1. The number of hydrogen-bond acceptors (Lipinski definition) is 3. The van der Waals surface area contributed by atoms with Crippen LogP contribution in [0.3, 0.4) is 0 Å². The van der Waals surface area contributed by atoms with Gasteiger partial charge >= 0.3 is 0 Å². The number of methoxy groups -OCH3 is 2. The highest BCUT2D eigenvalue weighted by molar-refractivity contribution is 5.97. The van der Waals surface area contributed by atoms with Gasteiger partial charge in [0.15, 0.2) is 5.78 Å². The van der Waals surface area contributed by atoms with Crippen LogP contribution in [0.5, 0.6) is 11.5 Å². The standard InChI is InChI=1S/C21H23NO3/c1-14(2)15-5-7-16(8-6-15)20(23)13-22-10-9-18-19(22)11-17(24-3)12-21(18)25-4/h5-12,14H,13H2,1-4H3. The van der Waals surface area contributed by atoms with Crippen molar-refractivity contribution in [2.75, 3.05) is 14.2 Å². The molecule has 0 aliphatic carbocycles. The number of carbonyl (C=O) groups is 1. The monoisotopic (exact) mass is 337 g/mol. The minimum atomic E-state index is 0.0783. The summed E-state index contributed by atoms with van der Waals surface area (Å²) >= 11 is 0. The quantitative estimate of drug-likeness (QED) is 0.614. The maximum atomic E-state index is 12.7. The molecule has 0 saturated heterocycles. The molecule has 130 valence electrons. The zero-order valence-electron chi connectivity index (χ0n) is 15.1. The fourth-order valence-corrected chi connectivity index (χ4v) is 2.96. The number of fused-ring (bicyclic) bond motifs is 1. The molecule has 0 spiro atoms. The van der Waals surface area contributed by atoms with Gasteiger partial charge in [0, 0.05) is 29.3 Å². The molecule has 0 saturated carbocycles. The minimum Gasteiger partial charge on any atom is -0.497 e. The second-order valence-electron chi connectivity index (χ2n) is 6.41. The van der Waals surface area contributed by atoms with Gasteiger partial charge in [0.05, 0.1) is 26.3 Å². The Kier molecular flexibility index (Phi) is 4.79. The van der Waals surface area contributed by atoms with Gasteiger partial charge in [-0.15, -0.1) is 0 Å². The van der Waals surface area contributed by atoms with Crippen molar-refractivity contribution in [3.8, 4) is 11.5 Å². The first-order chi connectivity index (χ1) is 12.0. The summed E-state index contributed by atoms with van der Waals surface area (Å²) in [6.07, 6.45) is 1.91. The van der Waals surface area contributed by atoms with Crippen LogP contribution in [0.25, 0.3) is 10.9 Å². The fourth-order valence-electron chi connectivity index (χ4n) is 2.96. The normalized spacial score (nSPS) is 11.1. The van der Waals surface area contributed by atoms with Gasteiger partial charge in [-0.3, -0.25) is 4.79 Å². The molecule has 0 bridgehead atoms. The first-order valence-corrected chi connectivity index (χ1v) is 8.37. The van der Waals surface area contributed by atoms with E-state index >= 15 is 0 Å². The van der Waals surface area contributed by atoms with E-state index in [-0.39, 0.29) is 12.3 Å². The first-order valence-electron chi connectivity index (χ1n) is 8.37. The lowest BCUT2D eigenvalue weighted by atomic mass is 10.0. The summed E-state index contributed by atoms with van der Waals surface area (Å²) in [7, 11) is 3.25. The number of benzene rings is 2. The molecule has 1 heterocycles. The highest BCUT2D eigenvalue weighted by Crippen LogP contribution is 2.32. The predicted molar refractivity (Wildman–Crippen MR) is 99.9 cm³/mol. The van der Waals surface area contributed by atoms with E-state index in [9.17, 15) is 4.79 Å². The summed E-state index contributed by atoms with van der Waals surface area (Å²) in [5.74, 6) is 1.98. The summed E-state index contributed by atoms with van der Waals surface area (Å²) in [5.41, 5.74) is 2.88. The summed E-state index contributed by atoms with van der Waals surface area (Å²) in [5, 5.41) is 0.964. The highest BCUT2D eigenvalue weighted by Gasteiger charge is 2.13. The van der Waals surface area contributed by atoms with E-state index in [2.05, 4.69) is 13.8 Å². The minimum absolute atomic E-state index is 0.0783. The lowest BCUT2D eigenvalue weighted by Crippen LogP contribution is -2.09. The molecule has 0 radical (unpaired) electrons. The van der Waals surface area contributed by atoms with Gasteiger partial charge in [0.1, 0.15) is 11.5 Å². The van der Waals surface area contributed by atoms with Crippen molar-refractivity contribution < 1.29 is 14.3 Å². The van der Waals surface area contributed by atoms with Crippen molar-refractivity contribution in [1.82, 2.24) is 4.57 Å². The Balaban J connectivity index is 1.90. The highest BCUT2D eigenvalue weighted by atomic mass is 16.5. The number of carbonyl (C=O) groups excluding carboxylic acids is 1. The smallest absolute Gasteiger partial charge is 0.182 e. The van der Waals surface area contributed by atoms with E-state index < -0.39 is 0 Å². The van der Waals surface area contributed by atoms with Crippen LogP contribution in [0.15, 0.2) is 48.7 Å². The van der Waals surface area contributed by atoms with Gasteiger partial charge in [-0.05, 0) is 17.5 Å². The second kappa shape index (κ2) is 7.01. The lowest BCUT2D eigenvalue weighted by Gasteiger charge is -2.10. The van der Waals surface area contributed by atoms with Crippen LogP contribution in [0.2, 0.25) is 0 Å². The third kappa shape index (κ3) is 3.38. The average molecular weight is 337 g/mol. The van der Waals surface area contributed by atoms with Crippen molar-refractivity contribution in [3.63, 3.8) is 0 Å². The van der Waals surface area contributed by atoms with Gasteiger partial charge in [-0.1, -0.05) is 38.1 Å². The van der Waals surface area contributed by atoms with Gasteiger partial charge in [0.25, 0.3) is 0 Å². The molecule has 2 aromatic carbocycles. The largest absolute Gasteiger partial charge is 0.497 e. The van der Waals surface area contributed by atoms with Crippen molar-refractivity contribution in [2.24, 2.45) is 0 Å². The molecular formula is C21H23NO3. The van der Waals surface area contributed by atoms with E-state index in [0.717, 1.165) is 22.2 Å². The molecule has 3 aromatic rings. The Labute approximate surface area is 148 Å². The second-order valence-corrected chi connectivity index (χ2v) is 6.41. The van der Waals surface area contributed by atoms with Gasteiger partial charge in [0.2, 0.25) is 0 Å². The summed E-state index contributed by atoms with van der Waals surface area (Å²) in [4.78, 5) is 12.7. The molecule has 4 nitrogen and oxygen atoms in total. The Bertz CT molecular complexity index is 891. The molecular weight excluding hydrogens is 314 g/mol. The Morgan fingerprint density at radius 3 is 2.36 bits per heavy atom. The number of nitrogens with zero attached hydrogens (tertiary/aromatic N) is 1. The Hall–Kier alpha value is -2.75. The van der Waals surface area contributed by atoms with Crippen molar-refractivity contribution in [2.45, 2.75) is 26.3 Å². The van der Waals surface area contributed by atoms with Crippen LogP contribution in [-0.2, 0) is 6.54 Å². The van der Waals surface area contributed by atoms with E-state index in [1.807, 2.05) is 53.2 Å². The fraction of sp³-hybridized carbons (Fsp3) is 0.286. The maximum Gasteiger partial charge on any atom is 0.182 e. The lowest BCUT2D eigenvalue weighted by molar-refractivity contribution is 0.0973. The molecule has 1 aromatic heterocycles. The molecule has 0 aliphatic heterocycles. The third-order valence-electron chi connectivity index (χ3n) is 4.49. The molecule has 0 fully saturated rings. The molecule has 0 N–H and O–H groups in total. The predicted octanol–water partition coefficient (Wildman–Crippen LogP) is 4.66. The number of ether oxygens (including phenoxy) is 2. The van der Waals surface area contributed by atoms with Crippen LogP contribution in [0.1, 0.15) is 35.7 Å². The van der Waals surface area contributed by atoms with Crippen LogP contribution < -0.4 is 9.47 Å². The topological polar surface area (TPSA) is 40.5 Å². The number of Topliss-reactive ketones (excluding diaryl/α,β-unsaturated/α-hetero) is 1. The summed E-state index contributed by atoms with van der Waals surface area (Å²) in [6, 6.07) is 13.6. The van der Waals surface area contributed by atoms with E-state index in [0.29, 0.717) is 11.7 Å². The van der Waals surface area contributed by atoms with Crippen molar-refractivity contribution in [1.29, 1.82) is 0 Å². The molecule has 0 aliphatic rings. The van der Waals surface area contributed by atoms with E-state index in [1.165, 1.54) is 5.56 Å². The Morgan fingerprint density at radius 1 is 1.04 bits per heavy atom. The number of hydrogen-bond donors (Lipinski definition) is 0. The number of aromatic nitrogens is 1. The van der Waals surface area contributed by atoms with Crippen LogP contribution >= 0.6 is 0 Å². The molecule has 25 heavy (non-hydrogen) atoms. The van der Waals surface area contributed by atoms with Gasteiger partial charge < -0.3 is 14.0 Å². The third-order valence-corrected chi connectivity index (χ3v) is 4.49. The van der Waals surface area contributed by atoms with E-state index in [4.69, 9.17) is 9.47 Å². The number of rotatable bonds is 6. The zero-order valence-corrected chi connectivity index (χ0v) is 15.1. The first kappa shape index (κ1) is 17.1. The molecule has 4 heteroatoms. The van der Waals surface area contributed by atoms with Crippen LogP contribution in [-0.4, -0.2) is 24.6 Å². The number of ketones is 1. The van der Waals surface area contributed by atoms with Crippen LogP contribution in [0, 0.1) is 0 Å². The van der Waals surface area contributed by atoms with Crippen molar-refractivity contribution >= 4 is 16.7 Å². The average Bonchev–Trinajstić information content (AvgIpc) is 3.03. The van der Waals surface area contributed by atoms with Crippen molar-refractivity contribution in [3.05, 3.63) is 59.8 Å². The molecule has 3 rings (SSSR count). The zero-order chi connectivity index (χ0) is 18.0. The van der Waals surface area contributed by atoms with E-state index in [1.54, 1.807) is 14.2 Å². The summed E-state index contributed by atoms with van der Waals surface area (Å²) < 4.78 is 12.7. The molecule has 0 unspecified atom stereocenters. The van der Waals surface area contributed by atoms with Gasteiger partial charge in [-0.2, -0.15) is 0 Å². The molecule has 0 amide bonds. The van der Waals surface area contributed by atoms with Crippen LogP contribution in [0.4, 0.5) is 0 Å². The van der Waals surface area contributed by atoms with Gasteiger partial charge in [-0.25, -0.2) is 0 Å². The molecule has 0 atom stereocenters.